The van der Waals surface area contributed by atoms with Crippen LogP contribution in [0.25, 0.3) is 0 Å². The topological polar surface area (TPSA) is 52.3 Å². The number of ketones is 1. The van der Waals surface area contributed by atoms with Crippen molar-refractivity contribution in [3.63, 3.8) is 0 Å². The first-order chi connectivity index (χ1) is 6.19. The Morgan fingerprint density at radius 3 is 2.71 bits per heavy atom. The van der Waals surface area contributed by atoms with Crippen LogP contribution in [0.4, 0.5) is 4.39 Å². The maximum atomic E-state index is 12.7. The van der Waals surface area contributed by atoms with E-state index in [0.29, 0.717) is 5.56 Å². The molecule has 1 aromatic carbocycles. The van der Waals surface area contributed by atoms with Gasteiger partial charge in [-0.2, -0.15) is 0 Å². The molecule has 0 saturated heterocycles. The molecule has 0 bridgehead atoms. The van der Waals surface area contributed by atoms with Crippen LogP contribution in [-0.2, 0) is 0 Å². The normalized spacial score (nSPS) is 9.07. The fourth-order valence-corrected chi connectivity index (χ4v) is 1.01. The lowest BCUT2D eigenvalue weighted by Crippen LogP contribution is -2.14. The lowest BCUT2D eigenvalue weighted by atomic mass is 10.1. The van der Waals surface area contributed by atoms with Gasteiger partial charge in [0.25, 0.3) is 0 Å². The maximum Gasteiger partial charge on any atom is 0.180 e. The molecule has 0 saturated carbocycles. The highest BCUT2D eigenvalue weighted by Gasteiger charge is 2.10. The summed E-state index contributed by atoms with van der Waals surface area (Å²) in [6, 6.07) is 3.72. The van der Waals surface area contributed by atoms with Crippen molar-refractivity contribution in [2.45, 2.75) is 0 Å². The van der Waals surface area contributed by atoms with Gasteiger partial charge in [-0.1, -0.05) is 0 Å². The molecule has 5 heteroatoms. The molecule has 0 unspecified atom stereocenters. The molecule has 1 rings (SSSR count). The Morgan fingerprint density at radius 1 is 1.57 bits per heavy atom. The highest BCUT2D eigenvalue weighted by molar-refractivity contribution is 5.99. The van der Waals surface area contributed by atoms with Gasteiger partial charge in [0.2, 0.25) is 0 Å². The molecular formula is C9H11ClFNO2. The van der Waals surface area contributed by atoms with Gasteiger partial charge in [0.1, 0.15) is 11.6 Å². The molecule has 0 spiro atoms. The molecule has 0 radical (unpaired) electrons. The Hall–Kier alpha value is -1.13. The maximum absolute atomic E-state index is 12.7. The molecule has 78 valence electrons. The number of rotatable bonds is 3. The molecule has 14 heavy (non-hydrogen) atoms. The van der Waals surface area contributed by atoms with Gasteiger partial charge in [-0.05, 0) is 12.1 Å². The molecule has 0 atom stereocenters. The predicted octanol–water partition coefficient (Wildman–Crippen LogP) is 1.40. The molecule has 2 N–H and O–H groups in total. The van der Waals surface area contributed by atoms with E-state index < -0.39 is 5.82 Å². The van der Waals surface area contributed by atoms with Gasteiger partial charge in [0.05, 0.1) is 19.2 Å². The Morgan fingerprint density at radius 2 is 2.21 bits per heavy atom. The quantitative estimate of drug-likeness (QED) is 0.782. The van der Waals surface area contributed by atoms with Crippen molar-refractivity contribution < 1.29 is 13.9 Å². The summed E-state index contributed by atoms with van der Waals surface area (Å²) >= 11 is 0. The summed E-state index contributed by atoms with van der Waals surface area (Å²) in [6.45, 7) is -0.109. The van der Waals surface area contributed by atoms with Crippen LogP contribution in [0.5, 0.6) is 5.75 Å². The zero-order valence-electron chi connectivity index (χ0n) is 7.62. The summed E-state index contributed by atoms with van der Waals surface area (Å²) in [4.78, 5) is 11.2. The molecule has 0 heterocycles. The average molecular weight is 220 g/mol. The third-order valence-electron chi connectivity index (χ3n) is 1.65. The Balaban J connectivity index is 0.00000169. The molecular weight excluding hydrogens is 209 g/mol. The number of carbonyl (C=O) groups is 1. The first-order valence-electron chi connectivity index (χ1n) is 3.76. The first kappa shape index (κ1) is 12.9. The summed E-state index contributed by atoms with van der Waals surface area (Å²) in [5, 5.41) is 0. The Kier molecular flexibility index (Phi) is 5.12. The van der Waals surface area contributed by atoms with Crippen molar-refractivity contribution in [2.75, 3.05) is 13.7 Å². The lowest BCUT2D eigenvalue weighted by molar-refractivity contribution is 0.0998. The number of methoxy groups -OCH3 is 1. The van der Waals surface area contributed by atoms with E-state index in [1.54, 1.807) is 0 Å². The van der Waals surface area contributed by atoms with Gasteiger partial charge in [0, 0.05) is 6.07 Å². The number of nitrogens with two attached hydrogens (primary N) is 1. The van der Waals surface area contributed by atoms with Crippen LogP contribution >= 0.6 is 12.4 Å². The van der Waals surface area contributed by atoms with E-state index in [4.69, 9.17) is 10.5 Å². The van der Waals surface area contributed by atoms with Crippen molar-refractivity contribution in [1.82, 2.24) is 0 Å². The van der Waals surface area contributed by atoms with E-state index in [9.17, 15) is 9.18 Å². The predicted molar refractivity (Wildman–Crippen MR) is 53.6 cm³/mol. The Bertz CT molecular complexity index is 331. The second-order valence-corrected chi connectivity index (χ2v) is 2.47. The molecule has 0 aliphatic carbocycles. The van der Waals surface area contributed by atoms with E-state index in [0.717, 1.165) is 6.07 Å². The van der Waals surface area contributed by atoms with Crippen LogP contribution < -0.4 is 10.5 Å². The number of benzene rings is 1. The number of Topliss-reactive ketones (excluding diaryl/α,β-unsaturated/α-hetero) is 1. The average Bonchev–Trinajstić information content (AvgIpc) is 2.16. The summed E-state index contributed by atoms with van der Waals surface area (Å²) in [5.41, 5.74) is 5.48. The SMILES string of the molecule is COc1cc(F)ccc1C(=O)CN.Cl. The molecule has 1 aromatic rings. The number of hydrogen-bond acceptors (Lipinski definition) is 3. The van der Waals surface area contributed by atoms with Crippen LogP contribution in [-0.4, -0.2) is 19.4 Å². The molecule has 0 amide bonds. The third kappa shape index (κ3) is 2.68. The van der Waals surface area contributed by atoms with Crippen LogP contribution in [0.3, 0.4) is 0 Å². The molecule has 0 aliphatic heterocycles. The number of carbonyl (C=O) groups excluding carboxylic acids is 1. The van der Waals surface area contributed by atoms with E-state index in [1.807, 2.05) is 0 Å². The smallest absolute Gasteiger partial charge is 0.180 e. The molecule has 0 fully saturated rings. The minimum Gasteiger partial charge on any atom is -0.496 e. The second-order valence-electron chi connectivity index (χ2n) is 2.47. The Labute approximate surface area is 87.5 Å². The fraction of sp³-hybridized carbons (Fsp3) is 0.222. The zero-order valence-corrected chi connectivity index (χ0v) is 8.44. The van der Waals surface area contributed by atoms with Crippen LogP contribution in [0.15, 0.2) is 18.2 Å². The highest BCUT2D eigenvalue weighted by Crippen LogP contribution is 2.19. The van der Waals surface area contributed by atoms with E-state index in [-0.39, 0.29) is 30.5 Å². The van der Waals surface area contributed by atoms with Crippen LogP contribution in [0.1, 0.15) is 10.4 Å². The minimum atomic E-state index is -0.439. The second kappa shape index (κ2) is 5.57. The van der Waals surface area contributed by atoms with Crippen molar-refractivity contribution in [1.29, 1.82) is 0 Å². The van der Waals surface area contributed by atoms with Crippen LogP contribution in [0, 0.1) is 5.82 Å². The summed E-state index contributed by atoms with van der Waals surface area (Å²) in [7, 11) is 1.38. The van der Waals surface area contributed by atoms with Gasteiger partial charge >= 0.3 is 0 Å². The summed E-state index contributed by atoms with van der Waals surface area (Å²) < 4.78 is 17.5. The van der Waals surface area contributed by atoms with E-state index in [1.165, 1.54) is 19.2 Å². The van der Waals surface area contributed by atoms with Gasteiger partial charge < -0.3 is 10.5 Å². The number of hydrogen-bond donors (Lipinski definition) is 1. The number of halogens is 2. The fourth-order valence-electron chi connectivity index (χ4n) is 1.01. The van der Waals surface area contributed by atoms with Gasteiger partial charge in [-0.3, -0.25) is 4.79 Å². The van der Waals surface area contributed by atoms with Gasteiger partial charge in [-0.15, -0.1) is 12.4 Å². The van der Waals surface area contributed by atoms with Gasteiger partial charge in [0.15, 0.2) is 5.78 Å². The zero-order chi connectivity index (χ0) is 9.84. The largest absolute Gasteiger partial charge is 0.496 e. The first-order valence-corrected chi connectivity index (χ1v) is 3.76. The molecule has 3 nitrogen and oxygen atoms in total. The van der Waals surface area contributed by atoms with Crippen molar-refractivity contribution in [3.8, 4) is 5.75 Å². The lowest BCUT2D eigenvalue weighted by Gasteiger charge is -2.05. The highest BCUT2D eigenvalue weighted by atomic mass is 35.5. The van der Waals surface area contributed by atoms with E-state index in [2.05, 4.69) is 0 Å². The minimum absolute atomic E-state index is 0. The summed E-state index contributed by atoms with van der Waals surface area (Å²) in [5.74, 6) is -0.488. The summed E-state index contributed by atoms with van der Waals surface area (Å²) in [6.07, 6.45) is 0. The van der Waals surface area contributed by atoms with Gasteiger partial charge in [-0.25, -0.2) is 4.39 Å². The van der Waals surface area contributed by atoms with Crippen molar-refractivity contribution in [3.05, 3.63) is 29.6 Å². The third-order valence-corrected chi connectivity index (χ3v) is 1.65. The van der Waals surface area contributed by atoms with E-state index >= 15 is 0 Å². The number of ether oxygens (including phenoxy) is 1. The molecule has 0 aromatic heterocycles. The molecule has 0 aliphatic rings. The standard InChI is InChI=1S/C9H10FNO2.ClH/c1-13-9-4-6(10)2-3-7(9)8(12)5-11;/h2-4H,5,11H2,1H3;1H. The van der Waals surface area contributed by atoms with Crippen molar-refractivity contribution >= 4 is 18.2 Å². The monoisotopic (exact) mass is 219 g/mol. The van der Waals surface area contributed by atoms with Crippen molar-refractivity contribution in [2.24, 2.45) is 5.73 Å². The van der Waals surface area contributed by atoms with Crippen LogP contribution in [0.2, 0.25) is 0 Å².